The molecule has 0 bridgehead atoms. The van der Waals surface area contributed by atoms with E-state index in [2.05, 4.69) is 36.4 Å². The van der Waals surface area contributed by atoms with E-state index in [1.165, 1.54) is 12.8 Å². The Morgan fingerprint density at radius 3 is 2.29 bits per heavy atom. The van der Waals surface area contributed by atoms with Crippen molar-refractivity contribution < 1.29 is 5.11 Å². The minimum Gasteiger partial charge on any atom is -0.396 e. The Bertz CT molecular complexity index is 203. The van der Waals surface area contributed by atoms with Gasteiger partial charge in [-0.25, -0.2) is 0 Å². The van der Waals surface area contributed by atoms with Gasteiger partial charge >= 0.3 is 0 Å². The van der Waals surface area contributed by atoms with E-state index in [4.69, 9.17) is 5.11 Å². The summed E-state index contributed by atoms with van der Waals surface area (Å²) in [4.78, 5) is 4.46. The summed E-state index contributed by atoms with van der Waals surface area (Å²) >= 11 is 0. The maximum Gasteiger partial charge on any atom is 0.191 e. The first kappa shape index (κ1) is 16.2. The number of aliphatic imine (C=N–C) groups is 1. The second-order valence-corrected chi connectivity index (χ2v) is 4.57. The third kappa shape index (κ3) is 8.02. The van der Waals surface area contributed by atoms with Crippen molar-refractivity contribution in [2.45, 2.75) is 40.5 Å². The summed E-state index contributed by atoms with van der Waals surface area (Å²) < 4.78 is 0. The van der Waals surface area contributed by atoms with E-state index in [9.17, 15) is 0 Å². The zero-order valence-electron chi connectivity index (χ0n) is 11.8. The number of nitrogens with zero attached hydrogens (tertiary/aromatic N) is 1. The summed E-state index contributed by atoms with van der Waals surface area (Å²) in [6.07, 6.45) is 2.38. The average molecular weight is 243 g/mol. The molecule has 102 valence electrons. The van der Waals surface area contributed by atoms with Crippen LogP contribution in [0.5, 0.6) is 0 Å². The van der Waals surface area contributed by atoms with Gasteiger partial charge in [-0.3, -0.25) is 4.99 Å². The highest BCUT2D eigenvalue weighted by atomic mass is 16.3. The van der Waals surface area contributed by atoms with Crippen molar-refractivity contribution in [3.05, 3.63) is 0 Å². The molecule has 0 radical (unpaired) electrons. The molecule has 4 heteroatoms. The van der Waals surface area contributed by atoms with Crippen LogP contribution in [0.1, 0.15) is 40.5 Å². The summed E-state index contributed by atoms with van der Waals surface area (Å²) in [5.74, 6) is 1.78. The Morgan fingerprint density at radius 1 is 1.18 bits per heavy atom. The second kappa shape index (κ2) is 10.4. The van der Waals surface area contributed by atoms with Crippen LogP contribution in [0.25, 0.3) is 0 Å². The number of guanidine groups is 1. The van der Waals surface area contributed by atoms with Gasteiger partial charge in [0.2, 0.25) is 0 Å². The van der Waals surface area contributed by atoms with E-state index in [0.717, 1.165) is 19.0 Å². The van der Waals surface area contributed by atoms with Crippen molar-refractivity contribution >= 4 is 5.96 Å². The van der Waals surface area contributed by atoms with Crippen molar-refractivity contribution in [2.24, 2.45) is 16.8 Å². The van der Waals surface area contributed by atoms with Crippen LogP contribution in [0.15, 0.2) is 4.99 Å². The topological polar surface area (TPSA) is 56.7 Å². The zero-order chi connectivity index (χ0) is 13.1. The van der Waals surface area contributed by atoms with E-state index in [0.29, 0.717) is 12.5 Å². The Kier molecular flexibility index (Phi) is 9.92. The summed E-state index contributed by atoms with van der Waals surface area (Å²) in [6.45, 7) is 11.2. The number of rotatable bonds is 8. The maximum atomic E-state index is 8.96. The first-order valence-electron chi connectivity index (χ1n) is 6.80. The molecule has 0 saturated heterocycles. The molecule has 0 aliphatic rings. The third-order valence-corrected chi connectivity index (χ3v) is 2.93. The summed E-state index contributed by atoms with van der Waals surface area (Å²) in [5, 5.41) is 15.5. The monoisotopic (exact) mass is 243 g/mol. The normalized spacial score (nSPS) is 13.9. The average Bonchev–Trinajstić information content (AvgIpc) is 2.36. The molecular formula is C13H29N3O. The fourth-order valence-electron chi connectivity index (χ4n) is 1.46. The molecule has 0 aliphatic heterocycles. The van der Waals surface area contributed by atoms with Crippen LogP contribution in [0.2, 0.25) is 0 Å². The molecule has 0 spiro atoms. The Labute approximate surface area is 106 Å². The molecule has 0 aliphatic carbocycles. The van der Waals surface area contributed by atoms with Crippen molar-refractivity contribution in [2.75, 3.05) is 26.2 Å². The molecule has 0 aromatic heterocycles. The number of hydrogen-bond acceptors (Lipinski definition) is 2. The van der Waals surface area contributed by atoms with Crippen molar-refractivity contribution in [1.82, 2.24) is 10.6 Å². The molecule has 0 rings (SSSR count). The van der Waals surface area contributed by atoms with Gasteiger partial charge in [-0.2, -0.15) is 0 Å². The lowest BCUT2D eigenvalue weighted by Crippen LogP contribution is -2.40. The molecule has 0 heterocycles. The van der Waals surface area contributed by atoms with Gasteiger partial charge in [0.1, 0.15) is 0 Å². The summed E-state index contributed by atoms with van der Waals surface area (Å²) in [7, 11) is 0. The largest absolute Gasteiger partial charge is 0.396 e. The van der Waals surface area contributed by atoms with Gasteiger partial charge in [0.15, 0.2) is 5.96 Å². The van der Waals surface area contributed by atoms with Gasteiger partial charge in [-0.15, -0.1) is 0 Å². The van der Waals surface area contributed by atoms with E-state index in [-0.39, 0.29) is 12.5 Å². The minimum atomic E-state index is 0.190. The predicted molar refractivity (Wildman–Crippen MR) is 74.3 cm³/mol. The standard InChI is InChI=1S/C13H29N3O/c1-5-12(6-2)9-16-13(14-7-3)15-8-11(4)10-17/h11-12,17H,5-10H2,1-4H3,(H2,14,15,16). The van der Waals surface area contributed by atoms with Crippen LogP contribution >= 0.6 is 0 Å². The van der Waals surface area contributed by atoms with Crippen LogP contribution < -0.4 is 10.6 Å². The van der Waals surface area contributed by atoms with Crippen molar-refractivity contribution in [3.63, 3.8) is 0 Å². The van der Waals surface area contributed by atoms with E-state index in [1.807, 2.05) is 6.92 Å². The first-order valence-corrected chi connectivity index (χ1v) is 6.80. The molecule has 0 aromatic carbocycles. The first-order chi connectivity index (χ1) is 8.17. The van der Waals surface area contributed by atoms with E-state index < -0.39 is 0 Å². The van der Waals surface area contributed by atoms with Crippen LogP contribution in [0, 0.1) is 11.8 Å². The number of hydrogen-bond donors (Lipinski definition) is 3. The van der Waals surface area contributed by atoms with Crippen LogP contribution in [-0.2, 0) is 0 Å². The molecule has 0 amide bonds. The molecule has 3 N–H and O–H groups in total. The Hall–Kier alpha value is -0.770. The van der Waals surface area contributed by atoms with Gasteiger partial charge in [0.25, 0.3) is 0 Å². The lowest BCUT2D eigenvalue weighted by Gasteiger charge is -2.17. The van der Waals surface area contributed by atoms with E-state index >= 15 is 0 Å². The Morgan fingerprint density at radius 2 is 1.82 bits per heavy atom. The Balaban J connectivity index is 4.12. The molecule has 1 atom stereocenters. The molecule has 0 fully saturated rings. The molecular weight excluding hydrogens is 214 g/mol. The van der Waals surface area contributed by atoms with Crippen LogP contribution in [0.3, 0.4) is 0 Å². The second-order valence-electron chi connectivity index (χ2n) is 4.57. The van der Waals surface area contributed by atoms with Crippen LogP contribution in [0.4, 0.5) is 0 Å². The summed E-state index contributed by atoms with van der Waals surface area (Å²) in [6, 6.07) is 0. The smallest absolute Gasteiger partial charge is 0.191 e. The minimum absolute atomic E-state index is 0.190. The van der Waals surface area contributed by atoms with Crippen LogP contribution in [-0.4, -0.2) is 37.3 Å². The summed E-state index contributed by atoms with van der Waals surface area (Å²) in [5.41, 5.74) is 0. The maximum absolute atomic E-state index is 8.96. The SMILES string of the molecule is CCNC(=NCC(C)CO)NCC(CC)CC. The molecule has 17 heavy (non-hydrogen) atoms. The quantitative estimate of drug-likeness (QED) is 0.448. The highest BCUT2D eigenvalue weighted by Crippen LogP contribution is 2.04. The molecule has 1 unspecified atom stereocenters. The fraction of sp³-hybridized carbons (Fsp3) is 0.923. The van der Waals surface area contributed by atoms with Gasteiger partial charge < -0.3 is 15.7 Å². The van der Waals surface area contributed by atoms with Gasteiger partial charge in [-0.1, -0.05) is 33.6 Å². The zero-order valence-corrected chi connectivity index (χ0v) is 11.8. The number of aliphatic hydroxyl groups is 1. The highest BCUT2D eigenvalue weighted by Gasteiger charge is 2.05. The third-order valence-electron chi connectivity index (χ3n) is 2.93. The molecule has 0 aromatic rings. The van der Waals surface area contributed by atoms with E-state index in [1.54, 1.807) is 0 Å². The van der Waals surface area contributed by atoms with Crippen molar-refractivity contribution in [3.8, 4) is 0 Å². The number of aliphatic hydroxyl groups excluding tert-OH is 1. The van der Waals surface area contributed by atoms with Gasteiger partial charge in [-0.05, 0) is 18.8 Å². The van der Waals surface area contributed by atoms with Gasteiger partial charge in [0, 0.05) is 26.2 Å². The predicted octanol–water partition coefficient (Wildman–Crippen LogP) is 1.61. The molecule has 0 saturated carbocycles. The number of nitrogens with one attached hydrogen (secondary N) is 2. The lowest BCUT2D eigenvalue weighted by molar-refractivity contribution is 0.241. The lowest BCUT2D eigenvalue weighted by atomic mass is 10.0. The molecule has 4 nitrogen and oxygen atoms in total. The fourth-order valence-corrected chi connectivity index (χ4v) is 1.46. The van der Waals surface area contributed by atoms with Crippen molar-refractivity contribution in [1.29, 1.82) is 0 Å². The highest BCUT2D eigenvalue weighted by molar-refractivity contribution is 5.79. The van der Waals surface area contributed by atoms with Gasteiger partial charge in [0.05, 0.1) is 0 Å².